The zero-order valence-corrected chi connectivity index (χ0v) is 12.1. The van der Waals surface area contributed by atoms with Gasteiger partial charge in [0.15, 0.2) is 0 Å². The molecule has 3 nitrogen and oxygen atoms in total. The van der Waals surface area contributed by atoms with E-state index in [0.717, 1.165) is 32.4 Å². The highest BCUT2D eigenvalue weighted by Gasteiger charge is 2.11. The summed E-state index contributed by atoms with van der Waals surface area (Å²) < 4.78 is 0. The van der Waals surface area contributed by atoms with Gasteiger partial charge in [-0.1, -0.05) is 25.5 Å². The predicted molar refractivity (Wildman–Crippen MR) is 72.8 cm³/mol. The summed E-state index contributed by atoms with van der Waals surface area (Å²) >= 11 is 0. The number of aliphatic hydroxyl groups is 1. The van der Waals surface area contributed by atoms with E-state index < -0.39 is 5.60 Å². The molecule has 0 aromatic heterocycles. The molecule has 0 aromatic carbocycles. The Morgan fingerprint density at radius 3 is 2.35 bits per heavy atom. The van der Waals surface area contributed by atoms with Gasteiger partial charge in [0.25, 0.3) is 0 Å². The average Bonchev–Trinajstić information content (AvgIpc) is 2.22. The first-order valence-corrected chi connectivity index (χ1v) is 6.65. The summed E-state index contributed by atoms with van der Waals surface area (Å²) in [6, 6.07) is 0. The van der Waals surface area contributed by atoms with Crippen LogP contribution in [0.3, 0.4) is 0 Å². The zero-order valence-electron chi connectivity index (χ0n) is 12.1. The molecule has 17 heavy (non-hydrogen) atoms. The van der Waals surface area contributed by atoms with Gasteiger partial charge in [0.05, 0.1) is 12.2 Å². The van der Waals surface area contributed by atoms with E-state index in [1.165, 1.54) is 5.57 Å². The van der Waals surface area contributed by atoms with E-state index in [2.05, 4.69) is 26.8 Å². The second kappa shape index (κ2) is 8.67. The van der Waals surface area contributed by atoms with Crippen molar-refractivity contribution in [2.75, 3.05) is 19.7 Å². The molecule has 0 amide bonds. The van der Waals surface area contributed by atoms with E-state index >= 15 is 0 Å². The maximum absolute atomic E-state index is 9.59. The smallest absolute Gasteiger partial charge is 0.0869 e. The van der Waals surface area contributed by atoms with Crippen LogP contribution in [0.2, 0.25) is 0 Å². The molecule has 102 valence electrons. The van der Waals surface area contributed by atoms with Crippen molar-refractivity contribution in [3.05, 3.63) is 11.6 Å². The largest absolute Gasteiger partial charge is 0.390 e. The first kappa shape index (κ1) is 16.6. The molecule has 0 unspecified atom stereocenters. The maximum Gasteiger partial charge on any atom is 0.0869 e. The van der Waals surface area contributed by atoms with Crippen LogP contribution in [0.25, 0.3) is 0 Å². The highest BCUT2D eigenvalue weighted by atomic mass is 16.7. The first-order chi connectivity index (χ1) is 7.89. The van der Waals surface area contributed by atoms with Gasteiger partial charge in [-0.25, -0.2) is 0 Å². The Balaban J connectivity index is 3.72. The first-order valence-electron chi connectivity index (χ1n) is 6.65. The van der Waals surface area contributed by atoms with Crippen LogP contribution in [0.5, 0.6) is 0 Å². The Morgan fingerprint density at radius 2 is 1.88 bits per heavy atom. The lowest BCUT2D eigenvalue weighted by molar-refractivity contribution is -0.141. The Labute approximate surface area is 106 Å². The lowest BCUT2D eigenvalue weighted by Crippen LogP contribution is -2.23. The number of hydrogen-bond acceptors (Lipinski definition) is 3. The van der Waals surface area contributed by atoms with E-state index in [4.69, 9.17) is 4.84 Å². The number of rotatable bonds is 9. The molecule has 1 N–H and O–H groups in total. The maximum atomic E-state index is 9.59. The molecular formula is C14H29NO2. The molecule has 3 heteroatoms. The van der Waals surface area contributed by atoms with Gasteiger partial charge in [0, 0.05) is 13.1 Å². The van der Waals surface area contributed by atoms with Gasteiger partial charge in [-0.2, -0.15) is 5.06 Å². The molecule has 0 saturated heterocycles. The fraction of sp³-hybridized carbons (Fsp3) is 0.857. The summed E-state index contributed by atoms with van der Waals surface area (Å²) in [5.41, 5.74) is 0.791. The molecule has 0 bridgehead atoms. The Kier molecular flexibility index (Phi) is 8.48. The molecule has 0 aromatic rings. The summed E-state index contributed by atoms with van der Waals surface area (Å²) in [5, 5.41) is 11.5. The fourth-order valence-corrected chi connectivity index (χ4v) is 1.59. The molecule has 0 heterocycles. The van der Waals surface area contributed by atoms with Crippen molar-refractivity contribution in [3.8, 4) is 0 Å². The lowest BCUT2D eigenvalue weighted by Gasteiger charge is -2.17. The van der Waals surface area contributed by atoms with E-state index in [9.17, 15) is 5.11 Å². The van der Waals surface area contributed by atoms with Crippen LogP contribution in [0.4, 0.5) is 0 Å². The third-order valence-electron chi connectivity index (χ3n) is 2.75. The van der Waals surface area contributed by atoms with Gasteiger partial charge in [-0.05, 0) is 40.0 Å². The number of allylic oxidation sites excluding steroid dienone is 1. The Hall–Kier alpha value is -0.380. The van der Waals surface area contributed by atoms with Crippen LogP contribution < -0.4 is 0 Å². The van der Waals surface area contributed by atoms with Gasteiger partial charge >= 0.3 is 0 Å². The summed E-state index contributed by atoms with van der Waals surface area (Å²) in [6.07, 6.45) is 5.03. The minimum atomic E-state index is -0.544. The van der Waals surface area contributed by atoms with Crippen molar-refractivity contribution in [2.45, 2.75) is 59.5 Å². The van der Waals surface area contributed by atoms with E-state index in [0.29, 0.717) is 6.61 Å². The van der Waals surface area contributed by atoms with Gasteiger partial charge in [0.2, 0.25) is 0 Å². The minimum Gasteiger partial charge on any atom is -0.390 e. The summed E-state index contributed by atoms with van der Waals surface area (Å²) in [4.78, 5) is 5.57. The lowest BCUT2D eigenvalue weighted by atomic mass is 9.99. The third-order valence-corrected chi connectivity index (χ3v) is 2.75. The molecule has 0 spiro atoms. The van der Waals surface area contributed by atoms with Crippen molar-refractivity contribution in [2.24, 2.45) is 0 Å². The molecule has 0 aliphatic rings. The van der Waals surface area contributed by atoms with Crippen molar-refractivity contribution in [1.29, 1.82) is 0 Å². The summed E-state index contributed by atoms with van der Waals surface area (Å²) in [7, 11) is 0. The monoisotopic (exact) mass is 243 g/mol. The number of nitrogens with zero attached hydrogens (tertiary/aromatic N) is 1. The zero-order chi connectivity index (χ0) is 13.3. The Morgan fingerprint density at radius 1 is 1.29 bits per heavy atom. The van der Waals surface area contributed by atoms with E-state index in [1.807, 2.05) is 18.9 Å². The summed E-state index contributed by atoms with van der Waals surface area (Å²) in [6.45, 7) is 12.5. The molecule has 0 saturated carbocycles. The van der Waals surface area contributed by atoms with Crippen LogP contribution in [0, 0.1) is 0 Å². The Bertz CT molecular complexity index is 215. The quantitative estimate of drug-likeness (QED) is 0.499. The minimum absolute atomic E-state index is 0.544. The summed E-state index contributed by atoms with van der Waals surface area (Å²) in [5.74, 6) is 0. The molecule has 0 aliphatic carbocycles. The number of hydrogen-bond donors (Lipinski definition) is 1. The second-order valence-electron chi connectivity index (χ2n) is 5.13. The van der Waals surface area contributed by atoms with Crippen LogP contribution in [-0.2, 0) is 4.84 Å². The van der Waals surface area contributed by atoms with Crippen molar-refractivity contribution >= 4 is 0 Å². The van der Waals surface area contributed by atoms with Crippen molar-refractivity contribution < 1.29 is 9.94 Å². The van der Waals surface area contributed by atoms with Crippen molar-refractivity contribution in [3.63, 3.8) is 0 Å². The van der Waals surface area contributed by atoms with Crippen LogP contribution >= 0.6 is 0 Å². The van der Waals surface area contributed by atoms with Crippen LogP contribution in [0.1, 0.15) is 53.9 Å². The van der Waals surface area contributed by atoms with Crippen LogP contribution in [-0.4, -0.2) is 35.5 Å². The van der Waals surface area contributed by atoms with Gasteiger partial charge < -0.3 is 5.11 Å². The highest BCUT2D eigenvalue weighted by molar-refractivity contribution is 4.97. The SMILES string of the molecule is CCN(CC)OCC=C(C)CCCC(C)(C)O. The van der Waals surface area contributed by atoms with Gasteiger partial charge in [-0.3, -0.25) is 4.84 Å². The topological polar surface area (TPSA) is 32.7 Å². The standard InChI is InChI=1S/C14H29NO2/c1-6-15(7-2)17-12-10-13(3)9-8-11-14(4,5)16/h10,16H,6-9,11-12H2,1-5H3. The molecule has 0 atom stereocenters. The molecule has 0 aliphatic heterocycles. The molecule has 0 fully saturated rings. The van der Waals surface area contributed by atoms with Crippen molar-refractivity contribution in [1.82, 2.24) is 5.06 Å². The van der Waals surface area contributed by atoms with Gasteiger partial charge in [0.1, 0.15) is 0 Å². The highest BCUT2D eigenvalue weighted by Crippen LogP contribution is 2.15. The van der Waals surface area contributed by atoms with E-state index in [1.54, 1.807) is 0 Å². The molecule has 0 rings (SSSR count). The molecule has 0 radical (unpaired) electrons. The normalized spacial score (nSPS) is 13.5. The second-order valence-corrected chi connectivity index (χ2v) is 5.13. The number of hydroxylamine groups is 2. The fourth-order valence-electron chi connectivity index (χ4n) is 1.59. The van der Waals surface area contributed by atoms with E-state index in [-0.39, 0.29) is 0 Å². The van der Waals surface area contributed by atoms with Crippen LogP contribution in [0.15, 0.2) is 11.6 Å². The average molecular weight is 243 g/mol. The molecular weight excluding hydrogens is 214 g/mol. The third kappa shape index (κ3) is 10.5. The van der Waals surface area contributed by atoms with Gasteiger partial charge in [-0.15, -0.1) is 0 Å². The predicted octanol–water partition coefficient (Wildman–Crippen LogP) is 3.15.